The molecule has 20 heavy (non-hydrogen) atoms. The van der Waals surface area contributed by atoms with Crippen LogP contribution in [0.5, 0.6) is 0 Å². The number of aromatic nitrogens is 1. The van der Waals surface area contributed by atoms with Crippen molar-refractivity contribution < 1.29 is 9.53 Å². The van der Waals surface area contributed by atoms with Crippen molar-refractivity contribution in [1.82, 2.24) is 4.98 Å². The van der Waals surface area contributed by atoms with Gasteiger partial charge in [-0.3, -0.25) is 0 Å². The van der Waals surface area contributed by atoms with Crippen LogP contribution >= 0.6 is 11.3 Å². The molecule has 1 aromatic carbocycles. The fourth-order valence-electron chi connectivity index (χ4n) is 1.85. The molecule has 4 nitrogen and oxygen atoms in total. The Morgan fingerprint density at radius 1 is 1.40 bits per heavy atom. The Morgan fingerprint density at radius 3 is 2.85 bits per heavy atom. The second-order valence-electron chi connectivity index (χ2n) is 4.60. The van der Waals surface area contributed by atoms with Gasteiger partial charge in [-0.1, -0.05) is 30.3 Å². The molecule has 1 unspecified atom stereocenters. The first-order chi connectivity index (χ1) is 9.69. The summed E-state index contributed by atoms with van der Waals surface area (Å²) in [5.41, 5.74) is 1.69. The van der Waals surface area contributed by atoms with Crippen LogP contribution in [0.25, 0.3) is 0 Å². The molecule has 0 bridgehead atoms. The largest absolute Gasteiger partial charge is 0.464 e. The molecule has 0 amide bonds. The van der Waals surface area contributed by atoms with Crippen molar-refractivity contribution in [2.24, 2.45) is 0 Å². The molecule has 0 saturated carbocycles. The van der Waals surface area contributed by atoms with Gasteiger partial charge in [0.15, 0.2) is 10.8 Å². The Morgan fingerprint density at radius 2 is 2.15 bits per heavy atom. The number of ether oxygens (including phenoxy) is 1. The zero-order valence-electron chi connectivity index (χ0n) is 11.6. The highest BCUT2D eigenvalue weighted by molar-refractivity contribution is 7.13. The number of anilines is 1. The summed E-state index contributed by atoms with van der Waals surface area (Å²) in [6, 6.07) is 10.7. The Kier molecular flexibility index (Phi) is 5.12. The van der Waals surface area contributed by atoms with E-state index in [0.29, 0.717) is 11.7 Å². The van der Waals surface area contributed by atoms with Crippen molar-refractivity contribution in [1.29, 1.82) is 0 Å². The standard InChI is InChI=1S/C15H18N2O2S/c1-11(8-9-12-6-4-3-5-7-12)16-15-17-13(10-20-15)14(18)19-2/h3-7,10-11H,8-9H2,1-2H3,(H,16,17). The number of esters is 1. The van der Waals surface area contributed by atoms with E-state index >= 15 is 0 Å². The second-order valence-corrected chi connectivity index (χ2v) is 5.46. The number of carbonyl (C=O) groups excluding carboxylic acids is 1. The van der Waals surface area contributed by atoms with Gasteiger partial charge in [0.2, 0.25) is 0 Å². The van der Waals surface area contributed by atoms with E-state index in [9.17, 15) is 4.79 Å². The molecule has 0 aliphatic carbocycles. The maximum Gasteiger partial charge on any atom is 0.357 e. The van der Waals surface area contributed by atoms with E-state index in [1.54, 1.807) is 5.38 Å². The van der Waals surface area contributed by atoms with Crippen molar-refractivity contribution >= 4 is 22.4 Å². The number of hydrogen-bond acceptors (Lipinski definition) is 5. The number of hydrogen-bond donors (Lipinski definition) is 1. The van der Waals surface area contributed by atoms with Crippen molar-refractivity contribution in [3.05, 3.63) is 47.0 Å². The van der Waals surface area contributed by atoms with Crippen LogP contribution in [-0.2, 0) is 11.2 Å². The van der Waals surface area contributed by atoms with E-state index in [0.717, 1.165) is 18.0 Å². The Balaban J connectivity index is 1.83. The lowest BCUT2D eigenvalue weighted by Gasteiger charge is -2.12. The minimum atomic E-state index is -0.397. The van der Waals surface area contributed by atoms with Crippen LogP contribution in [0, 0.1) is 0 Å². The van der Waals surface area contributed by atoms with Crippen LogP contribution in [0.1, 0.15) is 29.4 Å². The summed E-state index contributed by atoms with van der Waals surface area (Å²) in [4.78, 5) is 15.5. The summed E-state index contributed by atoms with van der Waals surface area (Å²) >= 11 is 1.42. The molecular weight excluding hydrogens is 272 g/mol. The fraction of sp³-hybridized carbons (Fsp3) is 0.333. The van der Waals surface area contributed by atoms with Crippen molar-refractivity contribution in [3.8, 4) is 0 Å². The predicted octanol–water partition coefficient (Wildman–Crippen LogP) is 3.36. The first-order valence-electron chi connectivity index (χ1n) is 6.53. The molecule has 0 aliphatic heterocycles. The van der Waals surface area contributed by atoms with E-state index in [2.05, 4.69) is 46.2 Å². The van der Waals surface area contributed by atoms with Gasteiger partial charge >= 0.3 is 5.97 Å². The minimum Gasteiger partial charge on any atom is -0.464 e. The molecule has 0 spiro atoms. The van der Waals surface area contributed by atoms with Gasteiger partial charge in [-0.05, 0) is 25.3 Å². The molecule has 0 fully saturated rings. The average Bonchev–Trinajstić information content (AvgIpc) is 2.94. The monoisotopic (exact) mass is 290 g/mol. The number of nitrogens with one attached hydrogen (secondary N) is 1. The van der Waals surface area contributed by atoms with Gasteiger partial charge < -0.3 is 10.1 Å². The maximum atomic E-state index is 11.3. The van der Waals surface area contributed by atoms with Gasteiger partial charge in [-0.25, -0.2) is 9.78 Å². The normalized spacial score (nSPS) is 11.9. The summed E-state index contributed by atoms with van der Waals surface area (Å²) < 4.78 is 4.64. The van der Waals surface area contributed by atoms with E-state index in [-0.39, 0.29) is 0 Å². The molecule has 106 valence electrons. The Bertz CT molecular complexity index is 554. The van der Waals surface area contributed by atoms with Crippen LogP contribution < -0.4 is 5.32 Å². The number of thiazole rings is 1. The third-order valence-corrected chi connectivity index (χ3v) is 3.75. The van der Waals surface area contributed by atoms with Crippen molar-refractivity contribution in [3.63, 3.8) is 0 Å². The highest BCUT2D eigenvalue weighted by atomic mass is 32.1. The topological polar surface area (TPSA) is 51.2 Å². The van der Waals surface area contributed by atoms with Crippen molar-refractivity contribution in [2.45, 2.75) is 25.8 Å². The van der Waals surface area contributed by atoms with E-state index in [1.807, 2.05) is 6.07 Å². The lowest BCUT2D eigenvalue weighted by molar-refractivity contribution is 0.0595. The van der Waals surface area contributed by atoms with Gasteiger partial charge in [0.05, 0.1) is 7.11 Å². The number of aryl methyl sites for hydroxylation is 1. The molecule has 0 radical (unpaired) electrons. The Hall–Kier alpha value is -1.88. The van der Waals surface area contributed by atoms with E-state index in [1.165, 1.54) is 24.0 Å². The molecule has 1 aromatic heterocycles. The first-order valence-corrected chi connectivity index (χ1v) is 7.41. The average molecular weight is 290 g/mol. The van der Waals surface area contributed by atoms with Crippen LogP contribution in [0.3, 0.4) is 0 Å². The molecular formula is C15H18N2O2S. The van der Waals surface area contributed by atoms with Gasteiger partial charge in [-0.15, -0.1) is 11.3 Å². The Labute approximate surface area is 122 Å². The van der Waals surface area contributed by atoms with Crippen LogP contribution in [0.15, 0.2) is 35.7 Å². The number of benzene rings is 1. The summed E-state index contributed by atoms with van der Waals surface area (Å²) in [6.45, 7) is 2.11. The zero-order chi connectivity index (χ0) is 14.4. The third kappa shape index (κ3) is 4.06. The zero-order valence-corrected chi connectivity index (χ0v) is 12.4. The first kappa shape index (κ1) is 14.5. The lowest BCUT2D eigenvalue weighted by Crippen LogP contribution is -2.16. The molecule has 2 rings (SSSR count). The SMILES string of the molecule is COC(=O)c1csc(NC(C)CCc2ccccc2)n1. The smallest absolute Gasteiger partial charge is 0.357 e. The van der Waals surface area contributed by atoms with Gasteiger partial charge in [-0.2, -0.15) is 0 Å². The van der Waals surface area contributed by atoms with Crippen LogP contribution in [0.4, 0.5) is 5.13 Å². The summed E-state index contributed by atoms with van der Waals surface area (Å²) in [7, 11) is 1.36. The highest BCUT2D eigenvalue weighted by Gasteiger charge is 2.12. The lowest BCUT2D eigenvalue weighted by atomic mass is 10.1. The number of rotatable bonds is 6. The van der Waals surface area contributed by atoms with Gasteiger partial charge in [0.25, 0.3) is 0 Å². The highest BCUT2D eigenvalue weighted by Crippen LogP contribution is 2.18. The van der Waals surface area contributed by atoms with Gasteiger partial charge in [0, 0.05) is 11.4 Å². The summed E-state index contributed by atoms with van der Waals surface area (Å²) in [5, 5.41) is 5.77. The van der Waals surface area contributed by atoms with E-state index < -0.39 is 5.97 Å². The summed E-state index contributed by atoms with van der Waals surface area (Å²) in [5.74, 6) is -0.397. The molecule has 0 saturated heterocycles. The quantitative estimate of drug-likeness (QED) is 0.829. The van der Waals surface area contributed by atoms with Gasteiger partial charge in [0.1, 0.15) is 0 Å². The van der Waals surface area contributed by atoms with E-state index in [4.69, 9.17) is 0 Å². The predicted molar refractivity (Wildman–Crippen MR) is 81.3 cm³/mol. The molecule has 1 heterocycles. The molecule has 2 aromatic rings. The molecule has 1 atom stereocenters. The summed E-state index contributed by atoms with van der Waals surface area (Å²) in [6.07, 6.45) is 2.03. The van der Waals surface area contributed by atoms with Crippen molar-refractivity contribution in [2.75, 3.05) is 12.4 Å². The number of methoxy groups -OCH3 is 1. The van der Waals surface area contributed by atoms with Crippen LogP contribution in [0.2, 0.25) is 0 Å². The maximum absolute atomic E-state index is 11.3. The second kappa shape index (κ2) is 7.05. The van der Waals surface area contributed by atoms with Crippen LogP contribution in [-0.4, -0.2) is 24.1 Å². The number of carbonyl (C=O) groups is 1. The molecule has 5 heteroatoms. The fourth-order valence-corrected chi connectivity index (χ4v) is 2.64. The molecule has 1 N–H and O–H groups in total. The minimum absolute atomic E-state index is 0.298. The third-order valence-electron chi connectivity index (χ3n) is 2.98. The number of nitrogens with zero attached hydrogens (tertiary/aromatic N) is 1. The molecule has 0 aliphatic rings.